The summed E-state index contributed by atoms with van der Waals surface area (Å²) >= 11 is 0. The Morgan fingerprint density at radius 2 is 2.17 bits per heavy atom. The van der Waals surface area contributed by atoms with Gasteiger partial charge in [-0.05, 0) is 6.07 Å². The second kappa shape index (κ2) is 2.42. The molecule has 0 aromatic heterocycles. The van der Waals surface area contributed by atoms with Crippen molar-refractivity contribution in [3.05, 3.63) is 29.3 Å². The molecule has 0 unspecified atom stereocenters. The van der Waals surface area contributed by atoms with Crippen molar-refractivity contribution in [1.29, 1.82) is 0 Å². The molecule has 12 heavy (non-hydrogen) atoms. The average Bonchev–Trinajstić information content (AvgIpc) is 2.41. The minimum atomic E-state index is -0.944. The van der Waals surface area contributed by atoms with Crippen LogP contribution in [0, 0.1) is 11.6 Å². The predicted octanol–water partition coefficient (Wildman–Crippen LogP) is 1.36. The number of ether oxygens (including phenoxy) is 1. The zero-order valence-corrected chi connectivity index (χ0v) is 6.18. The van der Waals surface area contributed by atoms with Gasteiger partial charge in [-0.2, -0.15) is 4.39 Å². The fraction of sp³-hybridized carbons (Fsp3) is 0.250. The maximum atomic E-state index is 12.9. The summed E-state index contributed by atoms with van der Waals surface area (Å²) in [7, 11) is 0. The summed E-state index contributed by atoms with van der Waals surface area (Å²) < 4.78 is 30.4. The lowest BCUT2D eigenvalue weighted by Gasteiger charge is -2.00. The largest absolute Gasteiger partial charge is 0.488 e. The molecule has 2 N–H and O–H groups in total. The van der Waals surface area contributed by atoms with Gasteiger partial charge in [-0.25, -0.2) is 4.39 Å². The van der Waals surface area contributed by atoms with Crippen molar-refractivity contribution >= 4 is 0 Å². The van der Waals surface area contributed by atoms with E-state index in [4.69, 9.17) is 10.5 Å². The SMILES string of the molecule is N[C@@H]1COc2c1ccc(F)c2F. The molecule has 0 fully saturated rings. The number of rotatable bonds is 0. The molecule has 0 bridgehead atoms. The van der Waals surface area contributed by atoms with Gasteiger partial charge in [0.15, 0.2) is 11.6 Å². The molecule has 1 heterocycles. The highest BCUT2D eigenvalue weighted by Gasteiger charge is 2.25. The van der Waals surface area contributed by atoms with Crippen LogP contribution < -0.4 is 10.5 Å². The Morgan fingerprint density at radius 3 is 2.92 bits per heavy atom. The molecule has 0 saturated carbocycles. The molecule has 0 spiro atoms. The van der Waals surface area contributed by atoms with E-state index < -0.39 is 11.6 Å². The van der Waals surface area contributed by atoms with Crippen molar-refractivity contribution in [3.63, 3.8) is 0 Å². The highest BCUT2D eigenvalue weighted by Crippen LogP contribution is 2.34. The second-order valence-electron chi connectivity index (χ2n) is 2.70. The van der Waals surface area contributed by atoms with E-state index in [0.717, 1.165) is 6.07 Å². The van der Waals surface area contributed by atoms with Crippen LogP contribution in [0.15, 0.2) is 12.1 Å². The molecular weight excluding hydrogens is 164 g/mol. The third kappa shape index (κ3) is 0.881. The lowest BCUT2D eigenvalue weighted by Crippen LogP contribution is -2.10. The van der Waals surface area contributed by atoms with Gasteiger partial charge in [0.25, 0.3) is 0 Å². The molecule has 1 aromatic carbocycles. The zero-order chi connectivity index (χ0) is 8.72. The summed E-state index contributed by atoms with van der Waals surface area (Å²) in [5.74, 6) is -1.88. The van der Waals surface area contributed by atoms with Crippen LogP contribution in [0.5, 0.6) is 5.75 Å². The summed E-state index contributed by atoms with van der Waals surface area (Å²) in [6.45, 7) is 0.218. The number of nitrogens with two attached hydrogens (primary N) is 1. The van der Waals surface area contributed by atoms with Gasteiger partial charge in [-0.15, -0.1) is 0 Å². The van der Waals surface area contributed by atoms with Crippen LogP contribution in [0.2, 0.25) is 0 Å². The van der Waals surface area contributed by atoms with Gasteiger partial charge in [0.1, 0.15) is 6.61 Å². The third-order valence-electron chi connectivity index (χ3n) is 1.89. The Hall–Kier alpha value is -1.16. The standard InChI is InChI=1S/C8H7F2NO/c9-5-2-1-4-6(11)3-12-8(4)7(5)10/h1-2,6H,3,11H2/t6-/m1/s1. The number of halogens is 2. The van der Waals surface area contributed by atoms with Gasteiger partial charge < -0.3 is 10.5 Å². The van der Waals surface area contributed by atoms with E-state index >= 15 is 0 Å². The van der Waals surface area contributed by atoms with Crippen molar-refractivity contribution in [3.8, 4) is 5.75 Å². The Labute approximate surface area is 67.9 Å². The van der Waals surface area contributed by atoms with Gasteiger partial charge in [0.2, 0.25) is 5.82 Å². The van der Waals surface area contributed by atoms with E-state index in [0.29, 0.717) is 5.56 Å². The smallest absolute Gasteiger partial charge is 0.200 e. The number of benzene rings is 1. The topological polar surface area (TPSA) is 35.2 Å². The maximum absolute atomic E-state index is 12.9. The number of hydrogen-bond donors (Lipinski definition) is 1. The molecule has 1 aliphatic heterocycles. The van der Waals surface area contributed by atoms with Crippen LogP contribution in [-0.4, -0.2) is 6.61 Å². The van der Waals surface area contributed by atoms with Crippen LogP contribution in [0.25, 0.3) is 0 Å². The van der Waals surface area contributed by atoms with Crippen LogP contribution >= 0.6 is 0 Å². The fourth-order valence-corrected chi connectivity index (χ4v) is 1.25. The van der Waals surface area contributed by atoms with E-state index in [1.165, 1.54) is 6.07 Å². The van der Waals surface area contributed by atoms with E-state index in [9.17, 15) is 8.78 Å². The van der Waals surface area contributed by atoms with Crippen molar-refractivity contribution < 1.29 is 13.5 Å². The highest BCUT2D eigenvalue weighted by atomic mass is 19.2. The summed E-state index contributed by atoms with van der Waals surface area (Å²) in [6.07, 6.45) is 0. The summed E-state index contributed by atoms with van der Waals surface area (Å²) in [4.78, 5) is 0. The fourth-order valence-electron chi connectivity index (χ4n) is 1.25. The maximum Gasteiger partial charge on any atom is 0.200 e. The third-order valence-corrected chi connectivity index (χ3v) is 1.89. The van der Waals surface area contributed by atoms with Crippen LogP contribution in [0.4, 0.5) is 8.78 Å². The van der Waals surface area contributed by atoms with Crippen molar-refractivity contribution in [2.24, 2.45) is 5.73 Å². The van der Waals surface area contributed by atoms with E-state index in [1.807, 2.05) is 0 Å². The first-order valence-electron chi connectivity index (χ1n) is 3.56. The Bertz CT molecular complexity index is 327. The Balaban J connectivity index is 2.60. The van der Waals surface area contributed by atoms with Crippen LogP contribution in [-0.2, 0) is 0 Å². The van der Waals surface area contributed by atoms with E-state index in [-0.39, 0.29) is 18.4 Å². The summed E-state index contributed by atoms with van der Waals surface area (Å²) in [5, 5.41) is 0. The first kappa shape index (κ1) is 7.49. The van der Waals surface area contributed by atoms with Gasteiger partial charge in [-0.3, -0.25) is 0 Å². The average molecular weight is 171 g/mol. The minimum Gasteiger partial charge on any atom is -0.488 e. The quantitative estimate of drug-likeness (QED) is 0.639. The monoisotopic (exact) mass is 171 g/mol. The van der Waals surface area contributed by atoms with E-state index in [1.54, 1.807) is 0 Å². The first-order valence-corrected chi connectivity index (χ1v) is 3.56. The van der Waals surface area contributed by atoms with Crippen molar-refractivity contribution in [2.45, 2.75) is 6.04 Å². The van der Waals surface area contributed by atoms with Gasteiger partial charge in [0.05, 0.1) is 6.04 Å². The molecule has 2 nitrogen and oxygen atoms in total. The molecule has 64 valence electrons. The summed E-state index contributed by atoms with van der Waals surface area (Å²) in [5.41, 5.74) is 6.09. The first-order chi connectivity index (χ1) is 5.70. The van der Waals surface area contributed by atoms with Crippen molar-refractivity contribution in [1.82, 2.24) is 0 Å². The number of fused-ring (bicyclic) bond motifs is 1. The normalized spacial score (nSPS) is 20.4. The molecule has 4 heteroatoms. The van der Waals surface area contributed by atoms with Gasteiger partial charge in [-0.1, -0.05) is 6.07 Å². The summed E-state index contributed by atoms with van der Waals surface area (Å²) in [6, 6.07) is 2.17. The molecule has 0 radical (unpaired) electrons. The zero-order valence-electron chi connectivity index (χ0n) is 6.18. The Morgan fingerprint density at radius 1 is 1.42 bits per heavy atom. The second-order valence-corrected chi connectivity index (χ2v) is 2.70. The van der Waals surface area contributed by atoms with Crippen molar-refractivity contribution in [2.75, 3.05) is 6.61 Å². The molecule has 2 rings (SSSR count). The molecule has 0 amide bonds. The molecule has 0 aliphatic carbocycles. The molecule has 0 saturated heterocycles. The predicted molar refractivity (Wildman–Crippen MR) is 38.8 cm³/mol. The molecular formula is C8H7F2NO. The van der Waals surface area contributed by atoms with Gasteiger partial charge in [0, 0.05) is 5.56 Å². The van der Waals surface area contributed by atoms with Gasteiger partial charge >= 0.3 is 0 Å². The lowest BCUT2D eigenvalue weighted by atomic mass is 10.1. The van der Waals surface area contributed by atoms with E-state index in [2.05, 4.69) is 0 Å². The molecule has 1 aromatic rings. The molecule has 1 atom stereocenters. The highest BCUT2D eigenvalue weighted by molar-refractivity contribution is 5.40. The minimum absolute atomic E-state index is 0.0394. The van der Waals surface area contributed by atoms with Crippen LogP contribution in [0.1, 0.15) is 11.6 Å². The molecule has 1 aliphatic rings. The van der Waals surface area contributed by atoms with Crippen LogP contribution in [0.3, 0.4) is 0 Å². The number of hydrogen-bond acceptors (Lipinski definition) is 2. The Kier molecular flexibility index (Phi) is 1.51. The lowest BCUT2D eigenvalue weighted by molar-refractivity contribution is 0.314.